The first-order chi connectivity index (χ1) is 27.6. The highest BCUT2D eigenvalue weighted by atomic mass is 16.3. The summed E-state index contributed by atoms with van der Waals surface area (Å²) in [6, 6.07) is 72.0. The predicted octanol–water partition coefficient (Wildman–Crippen LogP) is 15.5. The van der Waals surface area contributed by atoms with Gasteiger partial charge in [-0.3, -0.25) is 0 Å². The number of furan rings is 1. The molecule has 1 aromatic heterocycles. The number of nitrogens with zero attached hydrogens (tertiary/aromatic N) is 1. The Hall–Kier alpha value is -7.16. The van der Waals surface area contributed by atoms with Crippen molar-refractivity contribution in [3.8, 4) is 44.5 Å². The minimum Gasteiger partial charge on any atom is -0.455 e. The van der Waals surface area contributed by atoms with Crippen LogP contribution in [0.15, 0.2) is 205 Å². The highest BCUT2D eigenvalue weighted by Gasteiger charge is 2.16. The molecule has 56 heavy (non-hydrogen) atoms. The third-order valence-corrected chi connectivity index (χ3v) is 11.2. The number of aryl methyl sites for hydroxylation is 2. The number of anilines is 3. The Balaban J connectivity index is 1.00. The van der Waals surface area contributed by atoms with Crippen LogP contribution in [-0.2, 0) is 0 Å². The van der Waals surface area contributed by atoms with E-state index in [1.807, 2.05) is 12.1 Å². The molecule has 9 aromatic carbocycles. The second-order valence-corrected chi connectivity index (χ2v) is 14.6. The average Bonchev–Trinajstić information content (AvgIpc) is 3.64. The molecule has 1 heterocycles. The molecule has 0 fully saturated rings. The SMILES string of the molecule is Cc1ccccc1-c1ccc(N(c2ccc(-c3ccc(-c4cccc5cccc(C)c45)cc3)cc2)c2ccc(-c3cccc4c3oc3ccccc34)cc2)cc1. The smallest absolute Gasteiger partial charge is 0.143 e. The van der Waals surface area contributed by atoms with Crippen molar-refractivity contribution in [2.24, 2.45) is 0 Å². The topological polar surface area (TPSA) is 16.4 Å². The zero-order chi connectivity index (χ0) is 37.6. The summed E-state index contributed by atoms with van der Waals surface area (Å²) in [6.07, 6.45) is 0. The Bertz CT molecular complexity index is 3000. The summed E-state index contributed by atoms with van der Waals surface area (Å²) in [5.41, 5.74) is 17.2. The molecule has 0 radical (unpaired) electrons. The number of benzene rings is 9. The molecule has 2 heteroatoms. The lowest BCUT2D eigenvalue weighted by atomic mass is 9.94. The van der Waals surface area contributed by atoms with E-state index in [0.717, 1.165) is 50.1 Å². The Morgan fingerprint density at radius 1 is 0.339 bits per heavy atom. The second kappa shape index (κ2) is 13.9. The van der Waals surface area contributed by atoms with Crippen LogP contribution in [0.5, 0.6) is 0 Å². The van der Waals surface area contributed by atoms with Gasteiger partial charge < -0.3 is 9.32 Å². The third kappa shape index (κ3) is 5.93. The zero-order valence-electron chi connectivity index (χ0n) is 31.4. The Kier molecular flexibility index (Phi) is 8.30. The van der Waals surface area contributed by atoms with Gasteiger partial charge in [0.25, 0.3) is 0 Å². The van der Waals surface area contributed by atoms with E-state index in [0.29, 0.717) is 0 Å². The van der Waals surface area contributed by atoms with E-state index in [4.69, 9.17) is 4.42 Å². The van der Waals surface area contributed by atoms with Crippen molar-refractivity contribution in [3.63, 3.8) is 0 Å². The fourth-order valence-electron chi connectivity index (χ4n) is 8.31. The van der Waals surface area contributed by atoms with Crippen LogP contribution >= 0.6 is 0 Å². The van der Waals surface area contributed by atoms with Gasteiger partial charge in [-0.05, 0) is 117 Å². The van der Waals surface area contributed by atoms with Crippen LogP contribution in [0.1, 0.15) is 11.1 Å². The molecule has 0 N–H and O–H groups in total. The van der Waals surface area contributed by atoms with E-state index < -0.39 is 0 Å². The van der Waals surface area contributed by atoms with Gasteiger partial charge in [0.05, 0.1) is 0 Å². The van der Waals surface area contributed by atoms with E-state index in [1.54, 1.807) is 0 Å². The van der Waals surface area contributed by atoms with Crippen molar-refractivity contribution < 1.29 is 4.42 Å². The van der Waals surface area contributed by atoms with Gasteiger partial charge in [0.15, 0.2) is 0 Å². The molecule has 0 amide bonds. The molecular weight excluding hydrogens is 679 g/mol. The molecule has 266 valence electrons. The second-order valence-electron chi connectivity index (χ2n) is 14.6. The molecule has 0 bridgehead atoms. The van der Waals surface area contributed by atoms with Crippen LogP contribution in [0, 0.1) is 13.8 Å². The molecule has 0 saturated heterocycles. The predicted molar refractivity (Wildman–Crippen MR) is 237 cm³/mol. The first-order valence-corrected chi connectivity index (χ1v) is 19.3. The largest absolute Gasteiger partial charge is 0.455 e. The molecule has 0 aliphatic rings. The van der Waals surface area contributed by atoms with Crippen LogP contribution in [0.25, 0.3) is 77.2 Å². The summed E-state index contributed by atoms with van der Waals surface area (Å²) in [7, 11) is 0. The van der Waals surface area contributed by atoms with Crippen LogP contribution in [-0.4, -0.2) is 0 Å². The monoisotopic (exact) mass is 717 g/mol. The molecule has 0 aliphatic carbocycles. The molecule has 10 aromatic rings. The van der Waals surface area contributed by atoms with Crippen molar-refractivity contribution >= 4 is 49.8 Å². The van der Waals surface area contributed by atoms with Crippen molar-refractivity contribution in [3.05, 3.63) is 211 Å². The third-order valence-electron chi connectivity index (χ3n) is 11.2. The molecule has 0 saturated carbocycles. The maximum atomic E-state index is 6.40. The maximum Gasteiger partial charge on any atom is 0.143 e. The Labute approximate surface area is 327 Å². The maximum absolute atomic E-state index is 6.40. The highest BCUT2D eigenvalue weighted by molar-refractivity contribution is 6.09. The van der Waals surface area contributed by atoms with Gasteiger partial charge in [0, 0.05) is 33.4 Å². The van der Waals surface area contributed by atoms with Crippen LogP contribution < -0.4 is 4.90 Å². The number of para-hydroxylation sites is 2. The summed E-state index contributed by atoms with van der Waals surface area (Å²) in [6.45, 7) is 4.36. The highest BCUT2D eigenvalue weighted by Crippen LogP contribution is 2.40. The van der Waals surface area contributed by atoms with E-state index in [9.17, 15) is 0 Å². The van der Waals surface area contributed by atoms with Crippen LogP contribution in [0.2, 0.25) is 0 Å². The van der Waals surface area contributed by atoms with Gasteiger partial charge in [-0.2, -0.15) is 0 Å². The Morgan fingerprint density at radius 2 is 0.786 bits per heavy atom. The van der Waals surface area contributed by atoms with Crippen molar-refractivity contribution in [1.29, 1.82) is 0 Å². The molecular formula is C54H39NO. The normalized spacial score (nSPS) is 11.4. The minimum atomic E-state index is 0.908. The van der Waals surface area contributed by atoms with Crippen LogP contribution in [0.3, 0.4) is 0 Å². The lowest BCUT2D eigenvalue weighted by Crippen LogP contribution is -2.09. The van der Waals surface area contributed by atoms with Gasteiger partial charge in [-0.15, -0.1) is 0 Å². The van der Waals surface area contributed by atoms with Gasteiger partial charge in [0.1, 0.15) is 11.2 Å². The van der Waals surface area contributed by atoms with E-state index in [-0.39, 0.29) is 0 Å². The lowest BCUT2D eigenvalue weighted by Gasteiger charge is -2.26. The molecule has 0 aliphatic heterocycles. The number of rotatable bonds is 7. The first kappa shape index (κ1) is 33.4. The Morgan fingerprint density at radius 3 is 1.46 bits per heavy atom. The molecule has 10 rings (SSSR count). The molecule has 0 spiro atoms. The fourth-order valence-corrected chi connectivity index (χ4v) is 8.31. The summed E-state index contributed by atoms with van der Waals surface area (Å²) < 4.78 is 6.40. The number of fused-ring (bicyclic) bond motifs is 4. The summed E-state index contributed by atoms with van der Waals surface area (Å²) in [5, 5.41) is 4.87. The van der Waals surface area contributed by atoms with E-state index >= 15 is 0 Å². The van der Waals surface area contributed by atoms with Crippen LogP contribution in [0.4, 0.5) is 17.1 Å². The summed E-state index contributed by atoms with van der Waals surface area (Å²) >= 11 is 0. The summed E-state index contributed by atoms with van der Waals surface area (Å²) in [5.74, 6) is 0. The minimum absolute atomic E-state index is 0.908. The van der Waals surface area contributed by atoms with Gasteiger partial charge in [0.2, 0.25) is 0 Å². The molecule has 0 atom stereocenters. The zero-order valence-corrected chi connectivity index (χ0v) is 31.4. The van der Waals surface area contributed by atoms with Crippen molar-refractivity contribution in [2.75, 3.05) is 4.90 Å². The van der Waals surface area contributed by atoms with Crippen molar-refractivity contribution in [2.45, 2.75) is 13.8 Å². The number of hydrogen-bond donors (Lipinski definition) is 0. The first-order valence-electron chi connectivity index (χ1n) is 19.3. The number of hydrogen-bond acceptors (Lipinski definition) is 2. The standard InChI is InChI=1S/C54H39NO/c1-36-10-3-4-14-47(36)40-26-32-45(33-27-40)55(46-34-28-42(29-35-46)49-17-9-18-51-50-15-5-6-19-52(50)56-54(49)51)44-30-24-39(25-31-44)38-20-22-41(23-21-38)48-16-8-13-43-12-7-11-37(2)53(43)48/h3-35H,1-2H3. The quantitative estimate of drug-likeness (QED) is 0.163. The molecule has 0 unspecified atom stereocenters. The summed E-state index contributed by atoms with van der Waals surface area (Å²) in [4.78, 5) is 2.34. The van der Waals surface area contributed by atoms with Gasteiger partial charge in [-0.25, -0.2) is 0 Å². The molecule has 2 nitrogen and oxygen atoms in total. The van der Waals surface area contributed by atoms with E-state index in [1.165, 1.54) is 55.3 Å². The average molecular weight is 718 g/mol. The van der Waals surface area contributed by atoms with Gasteiger partial charge >= 0.3 is 0 Å². The van der Waals surface area contributed by atoms with Crippen molar-refractivity contribution in [1.82, 2.24) is 0 Å². The van der Waals surface area contributed by atoms with E-state index in [2.05, 4.69) is 207 Å². The fraction of sp³-hybridized carbons (Fsp3) is 0.0370. The van der Waals surface area contributed by atoms with Gasteiger partial charge in [-0.1, -0.05) is 158 Å². The lowest BCUT2D eigenvalue weighted by molar-refractivity contribution is 0.670.